The first kappa shape index (κ1) is 23.3. The Hall–Kier alpha value is -3.86. The minimum absolute atomic E-state index is 0.0868. The third kappa shape index (κ3) is 5.73. The molecule has 2 aromatic heterocycles. The van der Waals surface area contributed by atoms with Crippen LogP contribution in [0.15, 0.2) is 48.0 Å². The van der Waals surface area contributed by atoms with Gasteiger partial charge in [0, 0.05) is 49.5 Å². The molecule has 0 saturated carbocycles. The molecule has 0 aliphatic carbocycles. The first-order valence-corrected chi connectivity index (χ1v) is 11.6. The van der Waals surface area contributed by atoms with Gasteiger partial charge in [-0.1, -0.05) is 6.07 Å². The molecule has 3 heterocycles. The maximum absolute atomic E-state index is 12.6. The Morgan fingerprint density at radius 2 is 1.82 bits per heavy atom. The van der Waals surface area contributed by atoms with Crippen LogP contribution in [0.1, 0.15) is 5.69 Å². The predicted octanol–water partition coefficient (Wildman–Crippen LogP) is 3.09. The van der Waals surface area contributed by atoms with Gasteiger partial charge in [0.1, 0.15) is 5.82 Å². The molecule has 1 saturated heterocycles. The number of ether oxygens (including phenoxy) is 2. The van der Waals surface area contributed by atoms with Crippen molar-refractivity contribution in [3.63, 3.8) is 0 Å². The van der Waals surface area contributed by atoms with Crippen molar-refractivity contribution < 1.29 is 19.1 Å². The van der Waals surface area contributed by atoms with E-state index in [4.69, 9.17) is 9.47 Å². The van der Waals surface area contributed by atoms with E-state index in [-0.39, 0.29) is 18.4 Å². The number of amides is 3. The minimum atomic E-state index is -0.221. The van der Waals surface area contributed by atoms with E-state index in [1.165, 1.54) is 18.4 Å². The second-order valence-corrected chi connectivity index (χ2v) is 8.39. The number of thiazole rings is 1. The Morgan fingerprint density at radius 1 is 1.03 bits per heavy atom. The van der Waals surface area contributed by atoms with E-state index < -0.39 is 0 Å². The molecule has 3 aromatic rings. The van der Waals surface area contributed by atoms with Crippen molar-refractivity contribution in [2.24, 2.45) is 0 Å². The van der Waals surface area contributed by atoms with E-state index in [9.17, 15) is 9.59 Å². The lowest BCUT2D eigenvalue weighted by Crippen LogP contribution is -2.50. The van der Waals surface area contributed by atoms with Crippen molar-refractivity contribution in [3.05, 3.63) is 53.7 Å². The van der Waals surface area contributed by atoms with E-state index in [0.717, 1.165) is 5.82 Å². The number of aromatic nitrogens is 2. The number of piperazine rings is 1. The van der Waals surface area contributed by atoms with Crippen LogP contribution in [0.5, 0.6) is 11.5 Å². The molecule has 0 bridgehead atoms. The zero-order valence-electron chi connectivity index (χ0n) is 19.0. The van der Waals surface area contributed by atoms with Gasteiger partial charge in [-0.05, 0) is 24.3 Å². The molecular weight excluding hydrogens is 456 g/mol. The Labute approximate surface area is 201 Å². The molecular formula is C23H26N6O4S. The number of nitrogens with one attached hydrogen (secondary N) is 2. The standard InChI is InChI=1S/C23H26N6O4S/c1-32-18-7-6-16(13-19(18)33-2)25-21(30)14-17-15-34-22(26-17)27-23(31)29-11-9-28(10-12-29)20-5-3-4-8-24-20/h3-8,13,15H,9-12,14H2,1-2H3,(H,25,30)(H,26,27,31). The quantitative estimate of drug-likeness (QED) is 0.533. The first-order valence-electron chi connectivity index (χ1n) is 10.7. The Kier molecular flexibility index (Phi) is 7.43. The molecule has 1 aliphatic heterocycles. The molecule has 0 atom stereocenters. The Balaban J connectivity index is 1.26. The number of carbonyl (C=O) groups excluding carboxylic acids is 2. The highest BCUT2D eigenvalue weighted by molar-refractivity contribution is 7.13. The van der Waals surface area contributed by atoms with Gasteiger partial charge in [0.2, 0.25) is 5.91 Å². The number of benzene rings is 1. The van der Waals surface area contributed by atoms with Crippen LogP contribution >= 0.6 is 11.3 Å². The molecule has 1 aromatic carbocycles. The lowest BCUT2D eigenvalue weighted by atomic mass is 10.2. The highest BCUT2D eigenvalue weighted by Gasteiger charge is 2.22. The van der Waals surface area contributed by atoms with Crippen molar-refractivity contribution >= 4 is 39.9 Å². The fraction of sp³-hybridized carbons (Fsp3) is 0.304. The Morgan fingerprint density at radius 3 is 2.53 bits per heavy atom. The monoisotopic (exact) mass is 482 g/mol. The van der Waals surface area contributed by atoms with Crippen molar-refractivity contribution in [3.8, 4) is 11.5 Å². The van der Waals surface area contributed by atoms with Crippen LogP contribution in [-0.4, -0.2) is 67.2 Å². The van der Waals surface area contributed by atoms with Gasteiger partial charge in [0.05, 0.1) is 26.3 Å². The second-order valence-electron chi connectivity index (χ2n) is 7.53. The molecule has 34 heavy (non-hydrogen) atoms. The lowest BCUT2D eigenvalue weighted by Gasteiger charge is -2.35. The second kappa shape index (κ2) is 10.8. The number of anilines is 3. The van der Waals surface area contributed by atoms with Gasteiger partial charge in [0.15, 0.2) is 16.6 Å². The van der Waals surface area contributed by atoms with Gasteiger partial charge in [0.25, 0.3) is 0 Å². The number of nitrogens with zero attached hydrogens (tertiary/aromatic N) is 4. The smallest absolute Gasteiger partial charge is 0.323 e. The number of carbonyl (C=O) groups is 2. The predicted molar refractivity (Wildman–Crippen MR) is 131 cm³/mol. The van der Waals surface area contributed by atoms with Crippen molar-refractivity contribution in [1.29, 1.82) is 0 Å². The summed E-state index contributed by atoms with van der Waals surface area (Å²) in [4.78, 5) is 37.7. The van der Waals surface area contributed by atoms with E-state index in [1.807, 2.05) is 18.2 Å². The average Bonchev–Trinajstić information content (AvgIpc) is 3.30. The number of pyridine rings is 1. The highest BCUT2D eigenvalue weighted by Crippen LogP contribution is 2.29. The normalized spacial score (nSPS) is 13.4. The molecule has 0 spiro atoms. The van der Waals surface area contributed by atoms with Gasteiger partial charge in [-0.2, -0.15) is 0 Å². The summed E-state index contributed by atoms with van der Waals surface area (Å²) in [7, 11) is 3.09. The third-order valence-corrected chi connectivity index (χ3v) is 6.12. The fourth-order valence-corrected chi connectivity index (χ4v) is 4.28. The summed E-state index contributed by atoms with van der Waals surface area (Å²) < 4.78 is 10.5. The van der Waals surface area contributed by atoms with E-state index >= 15 is 0 Å². The summed E-state index contributed by atoms with van der Waals surface area (Å²) in [6, 6.07) is 10.8. The van der Waals surface area contributed by atoms with Crippen LogP contribution in [-0.2, 0) is 11.2 Å². The van der Waals surface area contributed by atoms with Gasteiger partial charge in [-0.3, -0.25) is 10.1 Å². The molecule has 0 unspecified atom stereocenters. The summed E-state index contributed by atoms with van der Waals surface area (Å²) in [6.45, 7) is 2.61. The minimum Gasteiger partial charge on any atom is -0.493 e. The highest BCUT2D eigenvalue weighted by atomic mass is 32.1. The third-order valence-electron chi connectivity index (χ3n) is 5.31. The average molecular weight is 483 g/mol. The topological polar surface area (TPSA) is 109 Å². The summed E-state index contributed by atoms with van der Waals surface area (Å²) in [5.74, 6) is 1.80. The molecule has 0 radical (unpaired) electrons. The molecule has 178 valence electrons. The van der Waals surface area contributed by atoms with Gasteiger partial charge < -0.3 is 24.6 Å². The Bertz CT molecular complexity index is 1130. The molecule has 1 fully saturated rings. The maximum atomic E-state index is 12.6. The summed E-state index contributed by atoms with van der Waals surface area (Å²) >= 11 is 1.29. The molecule has 2 N–H and O–H groups in total. The van der Waals surface area contributed by atoms with Gasteiger partial charge in [-0.25, -0.2) is 14.8 Å². The summed E-state index contributed by atoms with van der Waals surface area (Å²) in [5.41, 5.74) is 1.18. The van der Waals surface area contributed by atoms with Gasteiger partial charge in [-0.15, -0.1) is 11.3 Å². The zero-order chi connectivity index (χ0) is 23.9. The SMILES string of the molecule is COc1ccc(NC(=O)Cc2csc(NC(=O)N3CCN(c4ccccn4)CC3)n2)cc1OC. The zero-order valence-corrected chi connectivity index (χ0v) is 19.8. The van der Waals surface area contributed by atoms with Crippen molar-refractivity contribution in [2.45, 2.75) is 6.42 Å². The van der Waals surface area contributed by atoms with Crippen LogP contribution in [0.4, 0.5) is 21.4 Å². The lowest BCUT2D eigenvalue weighted by molar-refractivity contribution is -0.115. The number of hydrogen-bond donors (Lipinski definition) is 2. The summed E-state index contributed by atoms with van der Waals surface area (Å²) in [6.07, 6.45) is 1.85. The molecule has 11 heteroatoms. The molecule has 4 rings (SSSR count). The van der Waals surface area contributed by atoms with Crippen LogP contribution in [0, 0.1) is 0 Å². The van der Waals surface area contributed by atoms with Crippen molar-refractivity contribution in [2.75, 3.05) is 55.9 Å². The number of methoxy groups -OCH3 is 2. The fourth-order valence-electron chi connectivity index (χ4n) is 3.58. The van der Waals surface area contributed by atoms with E-state index in [2.05, 4.69) is 25.5 Å². The van der Waals surface area contributed by atoms with Crippen LogP contribution < -0.4 is 25.0 Å². The van der Waals surface area contributed by atoms with Gasteiger partial charge >= 0.3 is 6.03 Å². The molecule has 3 amide bonds. The molecule has 10 nitrogen and oxygen atoms in total. The molecule has 1 aliphatic rings. The van der Waals surface area contributed by atoms with Crippen LogP contribution in [0.25, 0.3) is 0 Å². The number of rotatable bonds is 7. The van der Waals surface area contributed by atoms with E-state index in [0.29, 0.717) is 54.2 Å². The summed E-state index contributed by atoms with van der Waals surface area (Å²) in [5, 5.41) is 7.89. The number of hydrogen-bond acceptors (Lipinski definition) is 8. The van der Waals surface area contributed by atoms with Crippen molar-refractivity contribution in [1.82, 2.24) is 14.9 Å². The first-order chi connectivity index (χ1) is 16.6. The van der Waals surface area contributed by atoms with Crippen LogP contribution in [0.2, 0.25) is 0 Å². The largest absolute Gasteiger partial charge is 0.493 e. The maximum Gasteiger partial charge on any atom is 0.323 e. The number of urea groups is 1. The van der Waals surface area contributed by atoms with Crippen LogP contribution in [0.3, 0.4) is 0 Å². The van der Waals surface area contributed by atoms with E-state index in [1.54, 1.807) is 41.8 Å².